The number of aryl methyl sites for hydroxylation is 1. The Hall–Kier alpha value is -3.06. The monoisotopic (exact) mass is 396 g/mol. The van der Waals surface area contributed by atoms with E-state index in [1.54, 1.807) is 35.1 Å². The van der Waals surface area contributed by atoms with Crippen molar-refractivity contribution in [3.8, 4) is 0 Å². The lowest BCUT2D eigenvalue weighted by Crippen LogP contribution is -2.37. The van der Waals surface area contributed by atoms with Crippen molar-refractivity contribution in [2.75, 3.05) is 13.1 Å². The summed E-state index contributed by atoms with van der Waals surface area (Å²) in [6.45, 7) is 1.26. The minimum absolute atomic E-state index is 0.0192. The van der Waals surface area contributed by atoms with E-state index >= 15 is 0 Å². The second kappa shape index (κ2) is 8.13. The Morgan fingerprint density at radius 1 is 1.07 bits per heavy atom. The van der Waals surface area contributed by atoms with Crippen LogP contribution in [0.1, 0.15) is 28.7 Å². The first-order valence-electron chi connectivity index (χ1n) is 9.52. The molecule has 29 heavy (non-hydrogen) atoms. The van der Waals surface area contributed by atoms with E-state index in [4.69, 9.17) is 0 Å². The average molecular weight is 396 g/mol. The zero-order chi connectivity index (χ0) is 20.4. The summed E-state index contributed by atoms with van der Waals surface area (Å²) in [5.74, 6) is -1.06. The summed E-state index contributed by atoms with van der Waals surface area (Å²) in [6, 6.07) is 11.5. The van der Waals surface area contributed by atoms with E-state index in [9.17, 15) is 13.6 Å². The van der Waals surface area contributed by atoms with Gasteiger partial charge in [0.05, 0.1) is 18.2 Å². The van der Waals surface area contributed by atoms with Gasteiger partial charge in [-0.2, -0.15) is 5.10 Å². The molecule has 1 aliphatic heterocycles. The predicted molar refractivity (Wildman–Crippen MR) is 105 cm³/mol. The maximum absolute atomic E-state index is 13.4. The number of aromatic nitrogens is 2. The molecule has 0 spiro atoms. The molecule has 1 saturated heterocycles. The fourth-order valence-electron chi connectivity index (χ4n) is 3.85. The van der Waals surface area contributed by atoms with Gasteiger partial charge in [-0.15, -0.1) is 0 Å². The van der Waals surface area contributed by atoms with Gasteiger partial charge in [0.15, 0.2) is 0 Å². The zero-order valence-corrected chi connectivity index (χ0v) is 16.0. The molecule has 0 radical (unpaired) electrons. The first kappa shape index (κ1) is 19.3. The molecule has 1 aromatic heterocycles. The summed E-state index contributed by atoms with van der Waals surface area (Å²) in [5.41, 5.74) is 2.48. The lowest BCUT2D eigenvalue weighted by molar-refractivity contribution is -0.125. The molecule has 1 aliphatic rings. The lowest BCUT2D eigenvalue weighted by atomic mass is 9.89. The van der Waals surface area contributed by atoms with Crippen molar-refractivity contribution in [2.24, 2.45) is 13.0 Å². The van der Waals surface area contributed by atoms with Gasteiger partial charge in [-0.1, -0.05) is 24.3 Å². The second-order valence-corrected chi connectivity index (χ2v) is 7.36. The molecular formula is C22H22F2N4O. The second-order valence-electron chi connectivity index (χ2n) is 7.36. The number of nitrogens with one attached hydrogen (secondary N) is 2. The van der Waals surface area contributed by atoms with Gasteiger partial charge in [0, 0.05) is 32.3 Å². The standard InChI is InChI=1S/C22H22F2N4O/c1-28-13-16(10-26-28)19-11-25-12-20(19)22(29)27-21(14-2-6-17(23)7-3-14)15-4-8-18(24)9-5-15/h2-10,13,19-21,25H,11-12H2,1H3,(H,27,29)/t19-,20+/m1/s1. The van der Waals surface area contributed by atoms with Crippen LogP contribution in [-0.2, 0) is 11.8 Å². The van der Waals surface area contributed by atoms with Crippen molar-refractivity contribution < 1.29 is 13.6 Å². The normalized spacial score (nSPS) is 18.9. The van der Waals surface area contributed by atoms with Gasteiger partial charge in [-0.3, -0.25) is 9.48 Å². The molecule has 1 fully saturated rings. The zero-order valence-electron chi connectivity index (χ0n) is 16.0. The summed E-state index contributed by atoms with van der Waals surface area (Å²) < 4.78 is 28.5. The van der Waals surface area contributed by atoms with Crippen LogP contribution in [0.3, 0.4) is 0 Å². The largest absolute Gasteiger partial charge is 0.345 e. The third-order valence-corrected chi connectivity index (χ3v) is 5.40. The quantitative estimate of drug-likeness (QED) is 0.697. The van der Waals surface area contributed by atoms with Crippen LogP contribution in [0.5, 0.6) is 0 Å². The molecule has 2 atom stereocenters. The topological polar surface area (TPSA) is 59.0 Å². The molecule has 2 N–H and O–H groups in total. The van der Waals surface area contributed by atoms with Gasteiger partial charge < -0.3 is 10.6 Å². The smallest absolute Gasteiger partial charge is 0.225 e. The summed E-state index contributed by atoms with van der Waals surface area (Å²) in [5, 5.41) is 10.6. The van der Waals surface area contributed by atoms with Crippen LogP contribution >= 0.6 is 0 Å². The van der Waals surface area contributed by atoms with E-state index in [0.717, 1.165) is 16.7 Å². The maximum Gasteiger partial charge on any atom is 0.225 e. The molecule has 0 saturated carbocycles. The number of hydrogen-bond donors (Lipinski definition) is 2. The first-order valence-corrected chi connectivity index (χ1v) is 9.52. The molecule has 0 aliphatic carbocycles. The van der Waals surface area contributed by atoms with Gasteiger partial charge in [0.2, 0.25) is 5.91 Å². The van der Waals surface area contributed by atoms with E-state index in [-0.39, 0.29) is 29.4 Å². The molecule has 4 rings (SSSR count). The number of benzene rings is 2. The summed E-state index contributed by atoms with van der Waals surface area (Å²) in [6.07, 6.45) is 3.71. The number of halogens is 2. The van der Waals surface area contributed by atoms with Crippen molar-refractivity contribution in [2.45, 2.75) is 12.0 Å². The summed E-state index contributed by atoms with van der Waals surface area (Å²) in [7, 11) is 1.85. The highest BCUT2D eigenvalue weighted by Crippen LogP contribution is 2.30. The van der Waals surface area contributed by atoms with Crippen molar-refractivity contribution in [1.29, 1.82) is 0 Å². The number of nitrogens with zero attached hydrogens (tertiary/aromatic N) is 2. The lowest BCUT2D eigenvalue weighted by Gasteiger charge is -2.24. The Bertz CT molecular complexity index is 939. The van der Waals surface area contributed by atoms with E-state index < -0.39 is 6.04 Å². The molecule has 0 bridgehead atoms. The van der Waals surface area contributed by atoms with Crippen molar-refractivity contribution in [3.05, 3.63) is 89.2 Å². The van der Waals surface area contributed by atoms with Crippen LogP contribution in [0.4, 0.5) is 8.78 Å². The number of hydrogen-bond acceptors (Lipinski definition) is 3. The number of rotatable bonds is 5. The third kappa shape index (κ3) is 4.19. The summed E-state index contributed by atoms with van der Waals surface area (Å²) in [4.78, 5) is 13.2. The number of amides is 1. The van der Waals surface area contributed by atoms with E-state index in [0.29, 0.717) is 13.1 Å². The highest BCUT2D eigenvalue weighted by molar-refractivity contribution is 5.81. The highest BCUT2D eigenvalue weighted by Gasteiger charge is 2.35. The molecule has 2 heterocycles. The van der Waals surface area contributed by atoms with E-state index in [1.165, 1.54) is 24.3 Å². The number of carbonyl (C=O) groups excluding carboxylic acids is 1. The van der Waals surface area contributed by atoms with Crippen LogP contribution < -0.4 is 10.6 Å². The molecule has 150 valence electrons. The van der Waals surface area contributed by atoms with Crippen LogP contribution in [0.2, 0.25) is 0 Å². The minimum atomic E-state index is -0.501. The minimum Gasteiger partial charge on any atom is -0.345 e. The molecule has 2 aromatic carbocycles. The van der Waals surface area contributed by atoms with Gasteiger partial charge in [0.1, 0.15) is 11.6 Å². The molecule has 3 aromatic rings. The molecule has 0 unspecified atom stereocenters. The van der Waals surface area contributed by atoms with Gasteiger partial charge >= 0.3 is 0 Å². The van der Waals surface area contributed by atoms with Crippen molar-refractivity contribution in [1.82, 2.24) is 20.4 Å². The van der Waals surface area contributed by atoms with Crippen LogP contribution in [0, 0.1) is 17.6 Å². The molecular weight excluding hydrogens is 374 g/mol. The van der Waals surface area contributed by atoms with Crippen molar-refractivity contribution >= 4 is 5.91 Å². The van der Waals surface area contributed by atoms with Gasteiger partial charge in [0.25, 0.3) is 0 Å². The van der Waals surface area contributed by atoms with E-state index in [1.807, 2.05) is 13.2 Å². The molecule has 5 nitrogen and oxygen atoms in total. The number of carbonyl (C=O) groups is 1. The van der Waals surface area contributed by atoms with Gasteiger partial charge in [-0.05, 0) is 41.0 Å². The van der Waals surface area contributed by atoms with E-state index in [2.05, 4.69) is 15.7 Å². The Balaban J connectivity index is 1.60. The fourth-order valence-corrected chi connectivity index (χ4v) is 3.85. The van der Waals surface area contributed by atoms with Crippen LogP contribution in [-0.4, -0.2) is 28.8 Å². The van der Waals surface area contributed by atoms with Crippen molar-refractivity contribution in [3.63, 3.8) is 0 Å². The third-order valence-electron chi connectivity index (χ3n) is 5.40. The Morgan fingerprint density at radius 2 is 1.66 bits per heavy atom. The predicted octanol–water partition coefficient (Wildman–Crippen LogP) is 2.91. The Morgan fingerprint density at radius 3 is 2.17 bits per heavy atom. The Labute approximate surface area is 167 Å². The molecule has 7 heteroatoms. The highest BCUT2D eigenvalue weighted by atomic mass is 19.1. The molecule has 1 amide bonds. The fraction of sp³-hybridized carbons (Fsp3) is 0.273. The van der Waals surface area contributed by atoms with Gasteiger partial charge in [-0.25, -0.2) is 8.78 Å². The van der Waals surface area contributed by atoms with Crippen LogP contribution in [0.15, 0.2) is 60.9 Å². The SMILES string of the molecule is Cn1cc([C@H]2CNC[C@@H]2C(=O)NC(c2ccc(F)cc2)c2ccc(F)cc2)cn1. The Kier molecular flexibility index (Phi) is 5.40. The van der Waals surface area contributed by atoms with Crippen LogP contribution in [0.25, 0.3) is 0 Å². The maximum atomic E-state index is 13.4. The first-order chi connectivity index (χ1) is 14.0. The average Bonchev–Trinajstić information content (AvgIpc) is 3.36. The summed E-state index contributed by atoms with van der Waals surface area (Å²) >= 11 is 0.